The van der Waals surface area contributed by atoms with Crippen molar-refractivity contribution >= 4 is 69.7 Å². The van der Waals surface area contributed by atoms with E-state index >= 15 is 0 Å². The lowest BCUT2D eigenvalue weighted by atomic mass is 9.80. The fraction of sp³-hybridized carbons (Fsp3) is 0.0909. The molecule has 10 heteroatoms. The monoisotopic (exact) mass is 509 g/mol. The lowest BCUT2D eigenvalue weighted by molar-refractivity contribution is -0.120. The van der Waals surface area contributed by atoms with Crippen molar-refractivity contribution in [1.29, 1.82) is 0 Å². The number of carbonyl (C=O) groups is 2. The number of primary amides is 1. The number of anilines is 2. The van der Waals surface area contributed by atoms with E-state index < -0.39 is 23.5 Å². The highest BCUT2D eigenvalue weighted by Gasteiger charge is 2.52. The Balaban J connectivity index is 2.03. The number of halogens is 4. The smallest absolute Gasteiger partial charge is 0.335 e. The van der Waals surface area contributed by atoms with E-state index in [-0.39, 0.29) is 31.2 Å². The van der Waals surface area contributed by atoms with E-state index in [1.807, 2.05) is 0 Å². The van der Waals surface area contributed by atoms with Crippen molar-refractivity contribution in [3.63, 3.8) is 0 Å². The third-order valence-corrected chi connectivity index (χ3v) is 6.58. The number of carboxylic acid groups (broad SMARTS) is 1. The number of carboxylic acids is 1. The predicted octanol–water partition coefficient (Wildman–Crippen LogP) is 5.96. The van der Waals surface area contributed by atoms with Gasteiger partial charge in [0.05, 0.1) is 16.9 Å². The molecule has 6 nitrogen and oxygen atoms in total. The van der Waals surface area contributed by atoms with Crippen LogP contribution in [0.4, 0.5) is 11.4 Å². The minimum Gasteiger partial charge on any atom is -0.478 e. The molecule has 0 spiro atoms. The zero-order valence-electron chi connectivity index (χ0n) is 16.1. The summed E-state index contributed by atoms with van der Waals surface area (Å²) in [6, 6.07) is 14.2. The van der Waals surface area contributed by atoms with E-state index in [9.17, 15) is 14.7 Å². The highest BCUT2D eigenvalue weighted by atomic mass is 35.5. The van der Waals surface area contributed by atoms with E-state index in [0.717, 1.165) is 0 Å². The van der Waals surface area contributed by atoms with Crippen molar-refractivity contribution in [2.45, 2.75) is 11.6 Å². The van der Waals surface area contributed by atoms with Crippen LogP contribution in [0.2, 0.25) is 20.1 Å². The van der Waals surface area contributed by atoms with Crippen LogP contribution in [0.1, 0.15) is 27.4 Å². The van der Waals surface area contributed by atoms with Gasteiger partial charge in [-0.05, 0) is 42.5 Å². The van der Waals surface area contributed by atoms with Crippen LogP contribution in [-0.4, -0.2) is 17.0 Å². The van der Waals surface area contributed by atoms with Crippen LogP contribution in [0.3, 0.4) is 0 Å². The molecule has 0 radical (unpaired) electrons. The number of nitrogens with one attached hydrogen (secondary N) is 2. The molecule has 1 amide bonds. The molecule has 164 valence electrons. The summed E-state index contributed by atoms with van der Waals surface area (Å²) in [5.74, 6) is -3.06. The molecule has 0 saturated carbocycles. The maximum Gasteiger partial charge on any atom is 0.335 e. The lowest BCUT2D eigenvalue weighted by Gasteiger charge is -2.39. The number of hydrogen-bond acceptors (Lipinski definition) is 4. The number of rotatable bonds is 5. The molecule has 3 aromatic carbocycles. The van der Waals surface area contributed by atoms with Crippen LogP contribution in [0, 0.1) is 0 Å². The molecular formula is C22H15Cl4N3O3. The molecule has 0 fully saturated rings. The van der Waals surface area contributed by atoms with E-state index in [4.69, 9.17) is 52.1 Å². The van der Waals surface area contributed by atoms with E-state index in [1.54, 1.807) is 42.5 Å². The maximum atomic E-state index is 13.0. The Morgan fingerprint density at radius 3 is 1.91 bits per heavy atom. The molecule has 4 rings (SSSR count). The van der Waals surface area contributed by atoms with Crippen LogP contribution in [0.15, 0.2) is 54.6 Å². The van der Waals surface area contributed by atoms with Gasteiger partial charge in [0.15, 0.2) is 5.66 Å². The Bertz CT molecular complexity index is 1230. The molecule has 0 saturated heterocycles. The molecule has 5 N–H and O–H groups in total. The SMILES string of the molecule is NC(=O)C(c1c(Cl)cccc1Cl)C1(c2c(Cl)cccc2Cl)Nc2ccc(C(=O)O)cc2N1. The first-order chi connectivity index (χ1) is 15.2. The Morgan fingerprint density at radius 2 is 1.38 bits per heavy atom. The highest BCUT2D eigenvalue weighted by molar-refractivity contribution is 6.37. The molecule has 1 heterocycles. The fourth-order valence-corrected chi connectivity index (χ4v) is 5.30. The third-order valence-electron chi connectivity index (χ3n) is 5.29. The quantitative estimate of drug-likeness (QED) is 0.339. The molecule has 1 aliphatic rings. The van der Waals surface area contributed by atoms with Gasteiger partial charge < -0.3 is 21.5 Å². The second kappa shape index (κ2) is 8.37. The summed E-state index contributed by atoms with van der Waals surface area (Å²) in [4.78, 5) is 24.5. The Hall–Kier alpha value is -2.64. The zero-order valence-corrected chi connectivity index (χ0v) is 19.2. The van der Waals surface area contributed by atoms with Crippen molar-refractivity contribution in [2.24, 2.45) is 5.73 Å². The summed E-state index contributed by atoms with van der Waals surface area (Å²) in [7, 11) is 0. The largest absolute Gasteiger partial charge is 0.478 e. The lowest BCUT2D eigenvalue weighted by Crippen LogP contribution is -2.50. The standard InChI is InChI=1S/C22H15Cl4N3O3/c23-11-3-1-4-12(24)17(11)19(20(27)30)22(18-13(25)5-2-6-14(18)26)28-15-8-7-10(21(31)32)9-16(15)29-22/h1-9,19,28-29H,(H2,27,30)(H,31,32). The number of amides is 1. The van der Waals surface area contributed by atoms with Crippen LogP contribution in [0.5, 0.6) is 0 Å². The summed E-state index contributed by atoms with van der Waals surface area (Å²) in [6.07, 6.45) is 0. The van der Waals surface area contributed by atoms with Gasteiger partial charge in [-0.15, -0.1) is 0 Å². The second-order valence-corrected chi connectivity index (χ2v) is 8.82. The molecule has 32 heavy (non-hydrogen) atoms. The topological polar surface area (TPSA) is 104 Å². The Morgan fingerprint density at radius 1 is 0.844 bits per heavy atom. The summed E-state index contributed by atoms with van der Waals surface area (Å²) < 4.78 is 0. The number of benzene rings is 3. The molecule has 0 aromatic heterocycles. The van der Waals surface area contributed by atoms with Crippen LogP contribution < -0.4 is 16.4 Å². The van der Waals surface area contributed by atoms with Crippen molar-refractivity contribution in [3.05, 3.63) is 91.4 Å². The molecule has 1 aliphatic heterocycles. The minimum atomic E-state index is -1.52. The van der Waals surface area contributed by atoms with E-state index in [1.165, 1.54) is 12.1 Å². The first kappa shape index (κ1) is 22.6. The van der Waals surface area contributed by atoms with Crippen LogP contribution in [0.25, 0.3) is 0 Å². The van der Waals surface area contributed by atoms with Gasteiger partial charge in [-0.2, -0.15) is 0 Å². The zero-order chi connectivity index (χ0) is 23.2. The van der Waals surface area contributed by atoms with E-state index in [2.05, 4.69) is 10.6 Å². The van der Waals surface area contributed by atoms with Crippen molar-refractivity contribution in [2.75, 3.05) is 10.6 Å². The average Bonchev–Trinajstić information content (AvgIpc) is 3.08. The highest BCUT2D eigenvalue weighted by Crippen LogP contribution is 2.53. The molecule has 2 atom stereocenters. The first-order valence-corrected chi connectivity index (χ1v) is 10.8. The van der Waals surface area contributed by atoms with Gasteiger partial charge in [-0.3, -0.25) is 4.79 Å². The average molecular weight is 511 g/mol. The van der Waals surface area contributed by atoms with E-state index in [0.29, 0.717) is 16.9 Å². The molecular weight excluding hydrogens is 496 g/mol. The third kappa shape index (κ3) is 3.63. The Labute approximate surface area is 203 Å². The van der Waals surface area contributed by atoms with Crippen molar-refractivity contribution < 1.29 is 14.7 Å². The fourth-order valence-electron chi connectivity index (χ4n) is 3.99. The summed E-state index contributed by atoms with van der Waals surface area (Å²) >= 11 is 26.1. The van der Waals surface area contributed by atoms with Gasteiger partial charge in [-0.1, -0.05) is 58.5 Å². The summed E-state index contributed by atoms with van der Waals surface area (Å²) in [5, 5.41) is 16.8. The second-order valence-electron chi connectivity index (χ2n) is 7.19. The van der Waals surface area contributed by atoms with Gasteiger partial charge >= 0.3 is 5.97 Å². The number of hydrogen-bond donors (Lipinski definition) is 4. The molecule has 0 aliphatic carbocycles. The van der Waals surface area contributed by atoms with Crippen molar-refractivity contribution in [3.8, 4) is 0 Å². The number of carbonyl (C=O) groups excluding carboxylic acids is 1. The van der Waals surface area contributed by atoms with Gasteiger partial charge in [0.25, 0.3) is 0 Å². The van der Waals surface area contributed by atoms with Crippen LogP contribution in [-0.2, 0) is 10.5 Å². The Kier molecular flexibility index (Phi) is 5.90. The normalized spacial score (nSPS) is 17.8. The van der Waals surface area contributed by atoms with Gasteiger partial charge in [-0.25, -0.2) is 4.79 Å². The number of nitrogens with two attached hydrogens (primary N) is 1. The first-order valence-electron chi connectivity index (χ1n) is 9.27. The van der Waals surface area contributed by atoms with Gasteiger partial charge in [0.1, 0.15) is 5.92 Å². The summed E-state index contributed by atoms with van der Waals surface area (Å²) in [5.41, 5.74) is 5.96. The molecule has 2 unspecified atom stereocenters. The number of aromatic carboxylic acids is 1. The maximum absolute atomic E-state index is 13.0. The van der Waals surface area contributed by atoms with Crippen LogP contribution >= 0.6 is 46.4 Å². The summed E-state index contributed by atoms with van der Waals surface area (Å²) in [6.45, 7) is 0. The van der Waals surface area contributed by atoms with Crippen molar-refractivity contribution in [1.82, 2.24) is 0 Å². The number of fused-ring (bicyclic) bond motifs is 1. The van der Waals surface area contributed by atoms with Gasteiger partial charge in [0.2, 0.25) is 5.91 Å². The molecule has 0 bridgehead atoms. The molecule has 3 aromatic rings. The van der Waals surface area contributed by atoms with Gasteiger partial charge in [0, 0.05) is 31.2 Å². The predicted molar refractivity (Wildman–Crippen MR) is 127 cm³/mol. The minimum absolute atomic E-state index is 0.0468.